The largest absolute Gasteiger partial charge is 0.311 e. The van der Waals surface area contributed by atoms with E-state index in [0.29, 0.717) is 6.04 Å². The predicted molar refractivity (Wildman–Crippen MR) is 67.2 cm³/mol. The second-order valence-electron chi connectivity index (χ2n) is 5.28. The van der Waals surface area contributed by atoms with E-state index < -0.39 is 0 Å². The fraction of sp³-hybridized carbons (Fsp3) is 1.00. The minimum Gasteiger partial charge on any atom is -0.311 e. The Labute approximate surface area is 95.4 Å². The molecule has 2 aliphatic carbocycles. The van der Waals surface area contributed by atoms with E-state index in [4.69, 9.17) is 0 Å². The lowest BCUT2D eigenvalue weighted by Gasteiger charge is -2.16. The molecule has 0 aromatic carbocycles. The molecular weight excluding hydrogens is 184 g/mol. The van der Waals surface area contributed by atoms with Crippen molar-refractivity contribution in [2.75, 3.05) is 20.6 Å². The van der Waals surface area contributed by atoms with Gasteiger partial charge in [0.25, 0.3) is 0 Å². The zero-order valence-electron chi connectivity index (χ0n) is 11.1. The molecule has 90 valence electrons. The standard InChI is InChI=1S/C11H22N2.C2H6/c1-9(4-7-13(2)3)12-10-8-11(10)5-6-11;1-2/h9-10,12H,4-8H2,1-3H3;1-2H3. The van der Waals surface area contributed by atoms with Gasteiger partial charge in [0.1, 0.15) is 0 Å². The van der Waals surface area contributed by atoms with Crippen LogP contribution in [0.5, 0.6) is 0 Å². The molecule has 1 N–H and O–H groups in total. The normalized spacial score (nSPS) is 27.2. The van der Waals surface area contributed by atoms with Crippen molar-refractivity contribution in [2.45, 2.75) is 58.5 Å². The molecule has 0 heterocycles. The van der Waals surface area contributed by atoms with E-state index in [0.717, 1.165) is 11.5 Å². The molecule has 0 saturated heterocycles. The second kappa shape index (κ2) is 5.31. The summed E-state index contributed by atoms with van der Waals surface area (Å²) in [5.41, 5.74) is 0.812. The van der Waals surface area contributed by atoms with Gasteiger partial charge in [-0.3, -0.25) is 0 Å². The lowest BCUT2D eigenvalue weighted by Crippen LogP contribution is -2.32. The first-order valence-electron chi connectivity index (χ1n) is 6.53. The number of hydrogen-bond donors (Lipinski definition) is 1. The predicted octanol–water partition coefficient (Wildman–Crippen LogP) is 2.49. The van der Waals surface area contributed by atoms with E-state index in [2.05, 4.69) is 31.2 Å². The van der Waals surface area contributed by atoms with Gasteiger partial charge < -0.3 is 10.2 Å². The Morgan fingerprint density at radius 3 is 2.33 bits per heavy atom. The van der Waals surface area contributed by atoms with Crippen molar-refractivity contribution in [1.82, 2.24) is 10.2 Å². The second-order valence-corrected chi connectivity index (χ2v) is 5.28. The maximum absolute atomic E-state index is 3.74. The van der Waals surface area contributed by atoms with E-state index in [-0.39, 0.29) is 0 Å². The summed E-state index contributed by atoms with van der Waals surface area (Å²) in [4.78, 5) is 2.26. The van der Waals surface area contributed by atoms with E-state index in [1.54, 1.807) is 0 Å². The van der Waals surface area contributed by atoms with Gasteiger partial charge >= 0.3 is 0 Å². The summed E-state index contributed by atoms with van der Waals surface area (Å²) in [7, 11) is 4.29. The van der Waals surface area contributed by atoms with Crippen molar-refractivity contribution < 1.29 is 0 Å². The van der Waals surface area contributed by atoms with Crippen LogP contribution >= 0.6 is 0 Å². The molecule has 2 rings (SSSR count). The van der Waals surface area contributed by atoms with Gasteiger partial charge in [-0.05, 0) is 58.7 Å². The fourth-order valence-electron chi connectivity index (χ4n) is 2.18. The lowest BCUT2D eigenvalue weighted by atomic mass is 10.2. The molecule has 0 aliphatic heterocycles. The Morgan fingerprint density at radius 1 is 1.33 bits per heavy atom. The smallest absolute Gasteiger partial charge is 0.0132 e. The number of nitrogens with zero attached hydrogens (tertiary/aromatic N) is 1. The number of rotatable bonds is 5. The highest BCUT2D eigenvalue weighted by Gasteiger charge is 2.62. The highest BCUT2D eigenvalue weighted by molar-refractivity contribution is 5.17. The minimum atomic E-state index is 0.701. The van der Waals surface area contributed by atoms with E-state index >= 15 is 0 Å². The molecule has 0 bridgehead atoms. The first-order valence-corrected chi connectivity index (χ1v) is 6.53. The molecule has 2 fully saturated rings. The van der Waals surface area contributed by atoms with Crippen LogP contribution in [0.2, 0.25) is 0 Å². The monoisotopic (exact) mass is 212 g/mol. The molecule has 0 radical (unpaired) electrons. The van der Waals surface area contributed by atoms with Crippen molar-refractivity contribution in [2.24, 2.45) is 5.41 Å². The average Bonchev–Trinajstić information content (AvgIpc) is 3.10. The molecule has 2 aliphatic rings. The Bertz CT molecular complexity index is 185. The van der Waals surface area contributed by atoms with Crippen molar-refractivity contribution in [3.63, 3.8) is 0 Å². The van der Waals surface area contributed by atoms with E-state index in [1.165, 1.54) is 32.2 Å². The molecule has 2 nitrogen and oxygen atoms in total. The van der Waals surface area contributed by atoms with Gasteiger partial charge in [0.2, 0.25) is 0 Å². The maximum atomic E-state index is 3.74. The van der Waals surface area contributed by atoms with Crippen LogP contribution in [0, 0.1) is 5.41 Å². The molecular formula is C13H28N2. The Kier molecular flexibility index (Phi) is 4.60. The highest BCUT2D eigenvalue weighted by Crippen LogP contribution is 2.65. The van der Waals surface area contributed by atoms with Crippen LogP contribution in [0.25, 0.3) is 0 Å². The van der Waals surface area contributed by atoms with Crippen LogP contribution in [0.3, 0.4) is 0 Å². The lowest BCUT2D eigenvalue weighted by molar-refractivity contribution is 0.362. The topological polar surface area (TPSA) is 15.3 Å². The Balaban J connectivity index is 0.000000531. The quantitative estimate of drug-likeness (QED) is 0.753. The zero-order valence-corrected chi connectivity index (χ0v) is 11.1. The fourth-order valence-corrected chi connectivity index (χ4v) is 2.18. The molecule has 15 heavy (non-hydrogen) atoms. The molecule has 2 atom stereocenters. The molecule has 2 saturated carbocycles. The molecule has 0 aromatic rings. The molecule has 0 amide bonds. The van der Waals surface area contributed by atoms with Crippen LogP contribution in [0.4, 0.5) is 0 Å². The molecule has 2 heteroatoms. The van der Waals surface area contributed by atoms with Crippen LogP contribution in [-0.4, -0.2) is 37.6 Å². The van der Waals surface area contributed by atoms with E-state index in [1.807, 2.05) is 13.8 Å². The Hall–Kier alpha value is -0.0800. The summed E-state index contributed by atoms with van der Waals surface area (Å²) >= 11 is 0. The summed E-state index contributed by atoms with van der Waals surface area (Å²) in [6.45, 7) is 7.52. The summed E-state index contributed by atoms with van der Waals surface area (Å²) in [5.74, 6) is 0. The van der Waals surface area contributed by atoms with Gasteiger partial charge in [0.15, 0.2) is 0 Å². The van der Waals surface area contributed by atoms with Crippen molar-refractivity contribution >= 4 is 0 Å². The Morgan fingerprint density at radius 2 is 1.93 bits per heavy atom. The van der Waals surface area contributed by atoms with Crippen molar-refractivity contribution in [3.8, 4) is 0 Å². The van der Waals surface area contributed by atoms with Crippen LogP contribution in [0.15, 0.2) is 0 Å². The third-order valence-corrected chi connectivity index (χ3v) is 3.58. The van der Waals surface area contributed by atoms with Crippen LogP contribution in [0.1, 0.15) is 46.5 Å². The molecule has 1 spiro atoms. The highest BCUT2D eigenvalue weighted by atomic mass is 15.1. The van der Waals surface area contributed by atoms with Crippen LogP contribution in [-0.2, 0) is 0 Å². The van der Waals surface area contributed by atoms with Gasteiger partial charge in [0.05, 0.1) is 0 Å². The number of hydrogen-bond acceptors (Lipinski definition) is 2. The van der Waals surface area contributed by atoms with Gasteiger partial charge in [0, 0.05) is 12.1 Å². The molecule has 0 aromatic heterocycles. The van der Waals surface area contributed by atoms with Gasteiger partial charge in [-0.15, -0.1) is 0 Å². The van der Waals surface area contributed by atoms with Crippen molar-refractivity contribution in [1.29, 1.82) is 0 Å². The number of nitrogens with one attached hydrogen (secondary N) is 1. The third kappa shape index (κ3) is 3.76. The zero-order chi connectivity index (χ0) is 11.5. The van der Waals surface area contributed by atoms with Gasteiger partial charge in [-0.1, -0.05) is 13.8 Å². The SMILES string of the molecule is CC.CC(CCN(C)C)NC1CC12CC2. The third-order valence-electron chi connectivity index (χ3n) is 3.58. The minimum absolute atomic E-state index is 0.701. The molecule has 2 unspecified atom stereocenters. The summed E-state index contributed by atoms with van der Waals surface area (Å²) in [6, 6.07) is 1.58. The maximum Gasteiger partial charge on any atom is 0.0132 e. The summed E-state index contributed by atoms with van der Waals surface area (Å²) < 4.78 is 0. The van der Waals surface area contributed by atoms with Gasteiger partial charge in [-0.2, -0.15) is 0 Å². The average molecular weight is 212 g/mol. The first kappa shape index (κ1) is 13.0. The summed E-state index contributed by atoms with van der Waals surface area (Å²) in [5, 5.41) is 3.74. The van der Waals surface area contributed by atoms with Gasteiger partial charge in [-0.25, -0.2) is 0 Å². The van der Waals surface area contributed by atoms with Crippen molar-refractivity contribution in [3.05, 3.63) is 0 Å². The summed E-state index contributed by atoms with van der Waals surface area (Å²) in [6.07, 6.45) is 5.72. The first-order chi connectivity index (χ1) is 7.12. The van der Waals surface area contributed by atoms with E-state index in [9.17, 15) is 0 Å². The van der Waals surface area contributed by atoms with Crippen LogP contribution < -0.4 is 5.32 Å².